The molecule has 1 rings (SSSR count). The van der Waals surface area contributed by atoms with Gasteiger partial charge in [0.05, 0.1) is 0 Å². The Labute approximate surface area is 105 Å². The summed E-state index contributed by atoms with van der Waals surface area (Å²) in [5, 5.41) is 0. The highest BCUT2D eigenvalue weighted by atomic mass is 16.5. The van der Waals surface area contributed by atoms with Crippen LogP contribution in [-0.4, -0.2) is 36.1 Å². The van der Waals surface area contributed by atoms with Crippen LogP contribution in [0.2, 0.25) is 0 Å². The summed E-state index contributed by atoms with van der Waals surface area (Å²) in [6, 6.07) is 0.384. The summed E-state index contributed by atoms with van der Waals surface area (Å²) in [7, 11) is 0. The van der Waals surface area contributed by atoms with Crippen molar-refractivity contribution in [2.75, 3.05) is 13.2 Å². The van der Waals surface area contributed by atoms with Gasteiger partial charge in [-0.2, -0.15) is 0 Å². The van der Waals surface area contributed by atoms with E-state index in [1.54, 1.807) is 0 Å². The Morgan fingerprint density at radius 3 is 2.94 bits per heavy atom. The molecule has 0 aromatic rings. The monoisotopic (exact) mass is 239 g/mol. The molecule has 1 heterocycles. The Bertz CT molecular complexity index is 253. The van der Waals surface area contributed by atoms with Crippen LogP contribution in [-0.2, 0) is 9.53 Å². The minimum atomic E-state index is -0.292. The van der Waals surface area contributed by atoms with Crippen molar-refractivity contribution >= 4 is 5.91 Å². The number of nitrogens with zero attached hydrogens (tertiary/aromatic N) is 1. The van der Waals surface area contributed by atoms with Gasteiger partial charge < -0.3 is 9.64 Å². The van der Waals surface area contributed by atoms with Crippen molar-refractivity contribution in [1.29, 1.82) is 0 Å². The van der Waals surface area contributed by atoms with E-state index in [1.165, 1.54) is 0 Å². The van der Waals surface area contributed by atoms with E-state index in [-0.39, 0.29) is 12.0 Å². The first kappa shape index (κ1) is 14.2. The average Bonchev–Trinajstić information content (AvgIpc) is 2.74. The van der Waals surface area contributed by atoms with Crippen molar-refractivity contribution < 1.29 is 9.53 Å². The van der Waals surface area contributed by atoms with Crippen molar-refractivity contribution in [3.05, 3.63) is 12.7 Å². The summed E-state index contributed by atoms with van der Waals surface area (Å²) < 4.78 is 5.59. The van der Waals surface area contributed by atoms with Crippen LogP contribution in [0.4, 0.5) is 0 Å². The fourth-order valence-electron chi connectivity index (χ4n) is 2.22. The predicted octanol–water partition coefficient (Wildman–Crippen LogP) is 2.76. The fourth-order valence-corrected chi connectivity index (χ4v) is 2.22. The summed E-state index contributed by atoms with van der Waals surface area (Å²) in [4.78, 5) is 14.0. The van der Waals surface area contributed by atoms with E-state index in [2.05, 4.69) is 13.5 Å². The number of hydrogen-bond donors (Lipinski definition) is 0. The number of unbranched alkanes of at least 4 members (excludes halogenated alkanes) is 2. The summed E-state index contributed by atoms with van der Waals surface area (Å²) >= 11 is 0. The Morgan fingerprint density at radius 2 is 2.35 bits per heavy atom. The molecule has 3 heteroatoms. The first-order valence-electron chi connectivity index (χ1n) is 6.69. The largest absolute Gasteiger partial charge is 0.369 e. The van der Waals surface area contributed by atoms with Gasteiger partial charge in [-0.1, -0.05) is 6.08 Å². The molecule has 1 saturated heterocycles. The Hall–Kier alpha value is -0.830. The molecule has 1 unspecified atom stereocenters. The van der Waals surface area contributed by atoms with Crippen molar-refractivity contribution in [1.82, 2.24) is 4.90 Å². The minimum absolute atomic E-state index is 0.152. The van der Waals surface area contributed by atoms with Crippen LogP contribution in [0.15, 0.2) is 12.7 Å². The Balaban J connectivity index is 2.20. The van der Waals surface area contributed by atoms with Gasteiger partial charge in [0.2, 0.25) is 0 Å². The van der Waals surface area contributed by atoms with Crippen LogP contribution in [0.5, 0.6) is 0 Å². The number of hydrogen-bond acceptors (Lipinski definition) is 2. The Kier molecular flexibility index (Phi) is 6.27. The molecule has 3 nitrogen and oxygen atoms in total. The van der Waals surface area contributed by atoms with Crippen LogP contribution in [0.1, 0.15) is 46.0 Å². The lowest BCUT2D eigenvalue weighted by Gasteiger charge is -2.25. The van der Waals surface area contributed by atoms with Gasteiger partial charge in [0.25, 0.3) is 5.91 Å². The zero-order chi connectivity index (χ0) is 12.7. The molecular weight excluding hydrogens is 214 g/mol. The Morgan fingerprint density at radius 1 is 1.59 bits per heavy atom. The lowest BCUT2D eigenvalue weighted by Crippen LogP contribution is -2.41. The van der Waals surface area contributed by atoms with E-state index in [4.69, 9.17) is 4.74 Å². The van der Waals surface area contributed by atoms with Gasteiger partial charge in [0.15, 0.2) is 0 Å². The van der Waals surface area contributed by atoms with Gasteiger partial charge in [-0.3, -0.25) is 4.79 Å². The maximum Gasteiger partial charge on any atom is 0.251 e. The zero-order valence-corrected chi connectivity index (χ0v) is 11.2. The molecule has 0 saturated carbocycles. The first-order valence-corrected chi connectivity index (χ1v) is 6.69. The molecule has 0 N–H and O–H groups in total. The number of ether oxygens (including phenoxy) is 1. The number of rotatable bonds is 7. The smallest absolute Gasteiger partial charge is 0.251 e. The van der Waals surface area contributed by atoms with Crippen molar-refractivity contribution in [2.24, 2.45) is 0 Å². The maximum atomic E-state index is 12.1. The molecule has 2 atom stereocenters. The third-order valence-electron chi connectivity index (χ3n) is 3.35. The number of amides is 1. The van der Waals surface area contributed by atoms with Crippen LogP contribution < -0.4 is 0 Å². The van der Waals surface area contributed by atoms with E-state index in [9.17, 15) is 4.79 Å². The second-order valence-corrected chi connectivity index (χ2v) is 4.82. The van der Waals surface area contributed by atoms with Gasteiger partial charge in [-0.25, -0.2) is 0 Å². The number of allylic oxidation sites excluding steroid dienone is 1. The van der Waals surface area contributed by atoms with Gasteiger partial charge in [-0.05, 0) is 46.0 Å². The van der Waals surface area contributed by atoms with Crippen molar-refractivity contribution in [2.45, 2.75) is 58.1 Å². The van der Waals surface area contributed by atoms with Gasteiger partial charge in [0, 0.05) is 19.2 Å². The molecule has 1 aliphatic heterocycles. The van der Waals surface area contributed by atoms with E-state index in [0.717, 1.165) is 38.6 Å². The van der Waals surface area contributed by atoms with Gasteiger partial charge in [-0.15, -0.1) is 6.58 Å². The molecule has 0 bridgehead atoms. The standard InChI is InChI=1S/C14H25NO2/c1-4-5-6-7-11-17-13(3)14(16)15-10-8-9-12(15)2/h4,12-13H,1,5-11H2,2-3H3/t12?,13-/m1/s1. The maximum absolute atomic E-state index is 12.1. The van der Waals surface area contributed by atoms with Crippen LogP contribution in [0, 0.1) is 0 Å². The lowest BCUT2D eigenvalue weighted by atomic mass is 10.2. The molecule has 0 aromatic carbocycles. The van der Waals surface area contributed by atoms with Gasteiger partial charge in [0.1, 0.15) is 6.10 Å². The van der Waals surface area contributed by atoms with Crippen molar-refractivity contribution in [3.63, 3.8) is 0 Å². The number of likely N-dealkylation sites (tertiary alicyclic amines) is 1. The lowest BCUT2D eigenvalue weighted by molar-refractivity contribution is -0.143. The molecule has 1 aliphatic rings. The molecule has 0 spiro atoms. The number of carbonyl (C=O) groups excluding carboxylic acids is 1. The highest BCUT2D eigenvalue weighted by Gasteiger charge is 2.28. The van der Waals surface area contributed by atoms with Crippen LogP contribution in [0.25, 0.3) is 0 Å². The fraction of sp³-hybridized carbons (Fsp3) is 0.786. The van der Waals surface area contributed by atoms with E-state index >= 15 is 0 Å². The molecular formula is C14H25NO2. The quantitative estimate of drug-likeness (QED) is 0.505. The van der Waals surface area contributed by atoms with Gasteiger partial charge >= 0.3 is 0 Å². The number of carbonyl (C=O) groups is 1. The summed E-state index contributed by atoms with van der Waals surface area (Å²) in [5.74, 6) is 0.152. The van der Waals surface area contributed by atoms with Crippen LogP contribution in [0.3, 0.4) is 0 Å². The molecule has 98 valence electrons. The SMILES string of the molecule is C=CCCCCO[C@H](C)C(=O)N1CCCC1C. The highest BCUT2D eigenvalue weighted by molar-refractivity contribution is 5.81. The second kappa shape index (κ2) is 7.49. The summed E-state index contributed by atoms with van der Waals surface area (Å²) in [6.07, 6.45) is 6.98. The molecule has 1 fully saturated rings. The third kappa shape index (κ3) is 4.50. The minimum Gasteiger partial charge on any atom is -0.369 e. The topological polar surface area (TPSA) is 29.5 Å². The normalized spacial score (nSPS) is 21.5. The van der Waals surface area contributed by atoms with E-state index in [1.807, 2.05) is 17.9 Å². The van der Waals surface area contributed by atoms with Crippen LogP contribution >= 0.6 is 0 Å². The zero-order valence-electron chi connectivity index (χ0n) is 11.2. The summed E-state index contributed by atoms with van der Waals surface area (Å²) in [5.41, 5.74) is 0. The third-order valence-corrected chi connectivity index (χ3v) is 3.35. The van der Waals surface area contributed by atoms with E-state index < -0.39 is 0 Å². The molecule has 1 amide bonds. The molecule has 17 heavy (non-hydrogen) atoms. The predicted molar refractivity (Wildman–Crippen MR) is 69.9 cm³/mol. The molecule has 0 aliphatic carbocycles. The van der Waals surface area contributed by atoms with Crippen molar-refractivity contribution in [3.8, 4) is 0 Å². The average molecular weight is 239 g/mol. The first-order chi connectivity index (χ1) is 8.16. The molecule has 0 aromatic heterocycles. The summed E-state index contributed by atoms with van der Waals surface area (Å²) in [6.45, 7) is 9.22. The highest BCUT2D eigenvalue weighted by Crippen LogP contribution is 2.18. The second-order valence-electron chi connectivity index (χ2n) is 4.82. The van der Waals surface area contributed by atoms with E-state index in [0.29, 0.717) is 12.6 Å². The molecule has 0 radical (unpaired) electrons.